The molecule has 2 aliphatic rings. The molecule has 22 heavy (non-hydrogen) atoms. The quantitative estimate of drug-likeness (QED) is 0.928. The van der Waals surface area contributed by atoms with E-state index in [1.54, 1.807) is 0 Å². The molecule has 0 amide bonds. The van der Waals surface area contributed by atoms with Crippen LogP contribution in [0, 0.1) is 0 Å². The number of aromatic nitrogens is 2. The van der Waals surface area contributed by atoms with Gasteiger partial charge in [0.2, 0.25) is 0 Å². The first kappa shape index (κ1) is 16.3. The van der Waals surface area contributed by atoms with Gasteiger partial charge in [-0.3, -0.25) is 14.9 Å². The van der Waals surface area contributed by atoms with E-state index in [2.05, 4.69) is 58.6 Å². The Labute approximate surface area is 139 Å². The van der Waals surface area contributed by atoms with E-state index in [4.69, 9.17) is 0 Å². The van der Waals surface area contributed by atoms with Crippen molar-refractivity contribution in [2.24, 2.45) is 0 Å². The molecule has 0 radical (unpaired) electrons. The minimum absolute atomic E-state index is 0.133. The maximum Gasteiger partial charge on any atom is 0.0678 e. The van der Waals surface area contributed by atoms with E-state index in [0.29, 0.717) is 0 Å². The van der Waals surface area contributed by atoms with Crippen LogP contribution >= 0.6 is 11.8 Å². The lowest BCUT2D eigenvalue weighted by atomic mass is 9.92. The molecule has 2 aliphatic heterocycles. The maximum absolute atomic E-state index is 4.48. The second kappa shape index (κ2) is 6.93. The molecule has 0 aliphatic carbocycles. The average molecular weight is 323 g/mol. The Kier molecular flexibility index (Phi) is 5.15. The largest absolute Gasteiger partial charge is 0.299 e. The topological polar surface area (TPSA) is 35.2 Å². The molecule has 0 bridgehead atoms. The van der Waals surface area contributed by atoms with Crippen molar-refractivity contribution in [1.82, 2.24) is 20.0 Å². The number of hydrogen-bond donors (Lipinski definition) is 1. The molecule has 4 nitrogen and oxygen atoms in total. The summed E-state index contributed by atoms with van der Waals surface area (Å²) >= 11 is 2.11. The van der Waals surface area contributed by atoms with Gasteiger partial charge in [-0.25, -0.2) is 0 Å². The Hall–Kier alpha value is -0.520. The number of nitrogens with zero attached hydrogens (tertiary/aromatic N) is 3. The van der Waals surface area contributed by atoms with Crippen LogP contribution in [0.2, 0.25) is 0 Å². The van der Waals surface area contributed by atoms with Gasteiger partial charge < -0.3 is 0 Å². The molecule has 0 unspecified atom stereocenters. The number of hydrogen-bond acceptors (Lipinski definition) is 4. The Morgan fingerprint density at radius 1 is 1.18 bits per heavy atom. The van der Waals surface area contributed by atoms with Crippen LogP contribution < -0.4 is 0 Å². The predicted molar refractivity (Wildman–Crippen MR) is 94.5 cm³/mol. The summed E-state index contributed by atoms with van der Waals surface area (Å²) in [6.45, 7) is 12.7. The van der Waals surface area contributed by atoms with E-state index >= 15 is 0 Å². The van der Waals surface area contributed by atoms with Crippen molar-refractivity contribution in [3.8, 4) is 0 Å². The van der Waals surface area contributed by atoms with Gasteiger partial charge in [0, 0.05) is 61.4 Å². The first-order valence-electron chi connectivity index (χ1n) is 8.61. The molecule has 0 aromatic carbocycles. The number of rotatable bonds is 3. The molecule has 1 aromatic heterocycles. The zero-order valence-electron chi connectivity index (χ0n) is 14.3. The number of nitrogens with one attached hydrogen (secondary N) is 1. The lowest BCUT2D eigenvalue weighted by molar-refractivity contribution is 0.112. The van der Waals surface area contributed by atoms with E-state index in [1.165, 1.54) is 61.9 Å². The monoisotopic (exact) mass is 322 g/mol. The molecule has 124 valence electrons. The zero-order valence-corrected chi connectivity index (χ0v) is 15.1. The molecule has 5 heteroatoms. The van der Waals surface area contributed by atoms with Gasteiger partial charge in [0.1, 0.15) is 0 Å². The highest BCUT2D eigenvalue weighted by atomic mass is 32.2. The first-order chi connectivity index (χ1) is 10.5. The lowest BCUT2D eigenvalue weighted by Crippen LogP contribution is -2.47. The lowest BCUT2D eigenvalue weighted by Gasteiger charge is -2.39. The summed E-state index contributed by atoms with van der Waals surface area (Å²) in [5.74, 6) is 2.65. The maximum atomic E-state index is 4.48. The summed E-state index contributed by atoms with van der Waals surface area (Å²) < 4.78 is 0. The second-order valence-electron chi connectivity index (χ2n) is 7.68. The summed E-state index contributed by atoms with van der Waals surface area (Å²) in [7, 11) is 0. The highest BCUT2D eigenvalue weighted by Gasteiger charge is 2.26. The van der Waals surface area contributed by atoms with E-state index in [9.17, 15) is 0 Å². The van der Waals surface area contributed by atoms with E-state index in [1.807, 2.05) is 0 Å². The molecule has 2 fully saturated rings. The van der Waals surface area contributed by atoms with Gasteiger partial charge in [0.05, 0.1) is 5.69 Å². The molecule has 3 heterocycles. The van der Waals surface area contributed by atoms with Crippen molar-refractivity contribution in [3.63, 3.8) is 0 Å². The Bertz CT molecular complexity index is 465. The van der Waals surface area contributed by atoms with Crippen LogP contribution in [0.1, 0.15) is 45.0 Å². The number of thioether (sulfide) groups is 1. The highest BCUT2D eigenvalue weighted by Crippen LogP contribution is 2.23. The minimum atomic E-state index is 0.133. The van der Waals surface area contributed by atoms with E-state index < -0.39 is 0 Å². The summed E-state index contributed by atoms with van der Waals surface area (Å²) in [6, 6.07) is 3.07. The van der Waals surface area contributed by atoms with E-state index in [-0.39, 0.29) is 5.41 Å². The van der Waals surface area contributed by atoms with Crippen LogP contribution in [0.15, 0.2) is 6.07 Å². The average Bonchev–Trinajstić information content (AvgIpc) is 2.98. The number of H-pyrrole nitrogens is 1. The van der Waals surface area contributed by atoms with Gasteiger partial charge in [-0.15, -0.1) is 0 Å². The third kappa shape index (κ3) is 4.06. The number of piperidine rings is 1. The molecule has 2 saturated heterocycles. The molecule has 1 aromatic rings. The van der Waals surface area contributed by atoms with Gasteiger partial charge in [-0.05, 0) is 18.9 Å². The van der Waals surface area contributed by atoms with Crippen LogP contribution in [0.25, 0.3) is 0 Å². The third-order valence-corrected chi connectivity index (χ3v) is 5.85. The van der Waals surface area contributed by atoms with Gasteiger partial charge in [-0.2, -0.15) is 16.9 Å². The number of aromatic amines is 1. The van der Waals surface area contributed by atoms with Crippen LogP contribution in [0.5, 0.6) is 0 Å². The third-order valence-electron chi connectivity index (χ3n) is 4.91. The minimum Gasteiger partial charge on any atom is -0.299 e. The molecular weight excluding hydrogens is 292 g/mol. The summed E-state index contributed by atoms with van der Waals surface area (Å²) in [6.07, 6.45) is 2.65. The van der Waals surface area contributed by atoms with Gasteiger partial charge in [0.15, 0.2) is 0 Å². The van der Waals surface area contributed by atoms with Crippen LogP contribution in [-0.4, -0.2) is 63.7 Å². The molecular formula is C17H30N4S. The standard InChI is InChI=1S/C17H30N4S/c1-17(2,3)16-12-14(18-19-16)13-20-6-4-15(5-7-20)21-8-10-22-11-9-21/h12,15H,4-11,13H2,1-3H3,(H,18,19). The van der Waals surface area contributed by atoms with Gasteiger partial charge in [0.25, 0.3) is 0 Å². The molecule has 0 spiro atoms. The zero-order chi connectivity index (χ0) is 15.6. The second-order valence-corrected chi connectivity index (χ2v) is 8.91. The molecule has 0 atom stereocenters. The SMILES string of the molecule is CC(C)(C)c1cc(CN2CCC(N3CCSCC3)CC2)[nH]n1. The van der Waals surface area contributed by atoms with Gasteiger partial charge >= 0.3 is 0 Å². The van der Waals surface area contributed by atoms with Gasteiger partial charge in [-0.1, -0.05) is 20.8 Å². The van der Waals surface area contributed by atoms with Crippen molar-refractivity contribution in [1.29, 1.82) is 0 Å². The summed E-state index contributed by atoms with van der Waals surface area (Å²) in [5.41, 5.74) is 2.56. The van der Waals surface area contributed by atoms with Crippen molar-refractivity contribution in [3.05, 3.63) is 17.5 Å². The smallest absolute Gasteiger partial charge is 0.0678 e. The summed E-state index contributed by atoms with van der Waals surface area (Å²) in [4.78, 5) is 5.30. The summed E-state index contributed by atoms with van der Waals surface area (Å²) in [5, 5.41) is 7.71. The van der Waals surface area contributed by atoms with Crippen molar-refractivity contribution in [2.45, 2.75) is 51.6 Å². The Morgan fingerprint density at radius 2 is 1.86 bits per heavy atom. The molecule has 1 N–H and O–H groups in total. The van der Waals surface area contributed by atoms with Crippen LogP contribution in [0.3, 0.4) is 0 Å². The molecule has 0 saturated carbocycles. The van der Waals surface area contributed by atoms with Crippen molar-refractivity contribution < 1.29 is 0 Å². The normalized spacial score (nSPS) is 23.0. The molecule has 3 rings (SSSR count). The Balaban J connectivity index is 1.48. The van der Waals surface area contributed by atoms with Crippen LogP contribution in [-0.2, 0) is 12.0 Å². The fraction of sp³-hybridized carbons (Fsp3) is 0.824. The van der Waals surface area contributed by atoms with E-state index in [0.717, 1.165) is 12.6 Å². The fourth-order valence-electron chi connectivity index (χ4n) is 3.45. The van der Waals surface area contributed by atoms with Crippen molar-refractivity contribution in [2.75, 3.05) is 37.7 Å². The number of likely N-dealkylation sites (tertiary alicyclic amines) is 1. The highest BCUT2D eigenvalue weighted by molar-refractivity contribution is 7.99. The fourth-order valence-corrected chi connectivity index (χ4v) is 4.38. The van der Waals surface area contributed by atoms with Crippen molar-refractivity contribution >= 4 is 11.8 Å². The predicted octanol–water partition coefficient (Wildman–Crippen LogP) is 2.72. The Morgan fingerprint density at radius 3 is 2.45 bits per heavy atom. The first-order valence-corrected chi connectivity index (χ1v) is 9.77. The van der Waals surface area contributed by atoms with Crippen LogP contribution in [0.4, 0.5) is 0 Å².